The summed E-state index contributed by atoms with van der Waals surface area (Å²) in [7, 11) is 1.86. The number of nitrogens with zero attached hydrogens (tertiary/aromatic N) is 1. The van der Waals surface area contributed by atoms with E-state index in [1.54, 1.807) is 0 Å². The second-order valence-corrected chi connectivity index (χ2v) is 5.75. The van der Waals surface area contributed by atoms with Crippen LogP contribution in [0.25, 0.3) is 0 Å². The number of ether oxygens (including phenoxy) is 1. The van der Waals surface area contributed by atoms with Crippen molar-refractivity contribution in [1.29, 1.82) is 0 Å². The van der Waals surface area contributed by atoms with Crippen molar-refractivity contribution in [3.8, 4) is 0 Å². The monoisotopic (exact) mass is 240 g/mol. The Kier molecular flexibility index (Phi) is 4.83. The molecule has 0 aromatic carbocycles. The molecule has 17 heavy (non-hydrogen) atoms. The van der Waals surface area contributed by atoms with Gasteiger partial charge in [0.25, 0.3) is 0 Å². The minimum Gasteiger partial charge on any atom is -0.380 e. The molecule has 0 spiro atoms. The molecular weight excluding hydrogens is 212 g/mol. The Balaban J connectivity index is 1.82. The maximum Gasteiger partial charge on any atom is 0.0724 e. The number of nitrogens with one attached hydrogen (secondary N) is 1. The molecule has 0 aromatic heterocycles. The predicted molar refractivity (Wildman–Crippen MR) is 71.2 cm³/mol. The van der Waals surface area contributed by atoms with E-state index in [0.29, 0.717) is 6.10 Å². The van der Waals surface area contributed by atoms with Crippen molar-refractivity contribution in [2.75, 3.05) is 33.3 Å². The van der Waals surface area contributed by atoms with Gasteiger partial charge in [-0.25, -0.2) is 0 Å². The zero-order chi connectivity index (χ0) is 12.3. The quantitative estimate of drug-likeness (QED) is 0.792. The van der Waals surface area contributed by atoms with Crippen LogP contribution in [0.4, 0.5) is 0 Å². The molecule has 2 aliphatic rings. The van der Waals surface area contributed by atoms with Crippen molar-refractivity contribution in [2.45, 2.75) is 45.3 Å². The third kappa shape index (κ3) is 3.01. The summed E-state index contributed by atoms with van der Waals surface area (Å²) in [5.41, 5.74) is 0. The lowest BCUT2D eigenvalue weighted by atomic mass is 9.77. The first-order valence-corrected chi connectivity index (χ1v) is 7.23. The molecule has 100 valence electrons. The number of likely N-dealkylation sites (tertiary alicyclic amines) is 1. The van der Waals surface area contributed by atoms with Crippen LogP contribution < -0.4 is 5.32 Å². The molecule has 1 aliphatic carbocycles. The lowest BCUT2D eigenvalue weighted by Gasteiger charge is -2.48. The Morgan fingerprint density at radius 1 is 1.29 bits per heavy atom. The summed E-state index contributed by atoms with van der Waals surface area (Å²) < 4.78 is 5.61. The first kappa shape index (κ1) is 13.3. The van der Waals surface area contributed by atoms with Crippen LogP contribution >= 0.6 is 0 Å². The van der Waals surface area contributed by atoms with Gasteiger partial charge < -0.3 is 10.1 Å². The number of hydrogen-bond acceptors (Lipinski definition) is 3. The summed E-state index contributed by atoms with van der Waals surface area (Å²) in [6.07, 6.45) is 4.54. The second-order valence-electron chi connectivity index (χ2n) is 5.75. The van der Waals surface area contributed by atoms with Crippen molar-refractivity contribution in [3.05, 3.63) is 0 Å². The lowest BCUT2D eigenvalue weighted by molar-refractivity contribution is -0.0471. The largest absolute Gasteiger partial charge is 0.380 e. The molecule has 0 bridgehead atoms. The summed E-state index contributed by atoms with van der Waals surface area (Å²) in [6.45, 7) is 9.23. The van der Waals surface area contributed by atoms with Gasteiger partial charge in [-0.3, -0.25) is 4.90 Å². The Hall–Kier alpha value is -0.120. The zero-order valence-corrected chi connectivity index (χ0v) is 11.6. The van der Waals surface area contributed by atoms with Gasteiger partial charge in [-0.1, -0.05) is 13.8 Å². The number of rotatable bonds is 5. The van der Waals surface area contributed by atoms with Crippen LogP contribution in [0, 0.1) is 11.8 Å². The van der Waals surface area contributed by atoms with Crippen molar-refractivity contribution < 1.29 is 4.74 Å². The fourth-order valence-electron chi connectivity index (χ4n) is 3.27. The molecule has 1 saturated carbocycles. The Morgan fingerprint density at radius 3 is 2.71 bits per heavy atom. The van der Waals surface area contributed by atoms with Crippen LogP contribution in [0.15, 0.2) is 0 Å². The molecule has 1 heterocycles. The van der Waals surface area contributed by atoms with E-state index in [1.807, 2.05) is 7.11 Å². The van der Waals surface area contributed by atoms with Gasteiger partial charge in [-0.05, 0) is 50.7 Å². The third-order valence-corrected chi connectivity index (χ3v) is 4.73. The van der Waals surface area contributed by atoms with E-state index < -0.39 is 0 Å². The SMILES string of the molecule is CCNCC1CCC1N1CCC(C)C(OC)C1. The van der Waals surface area contributed by atoms with Gasteiger partial charge in [0.15, 0.2) is 0 Å². The van der Waals surface area contributed by atoms with Crippen LogP contribution in [0.3, 0.4) is 0 Å². The Bertz CT molecular complexity index is 234. The average molecular weight is 240 g/mol. The van der Waals surface area contributed by atoms with E-state index in [1.165, 1.54) is 32.4 Å². The van der Waals surface area contributed by atoms with Crippen LogP contribution in [0.2, 0.25) is 0 Å². The molecule has 0 amide bonds. The van der Waals surface area contributed by atoms with Crippen LogP contribution in [-0.4, -0.2) is 50.3 Å². The van der Waals surface area contributed by atoms with E-state index in [2.05, 4.69) is 24.1 Å². The maximum atomic E-state index is 5.61. The van der Waals surface area contributed by atoms with Crippen LogP contribution in [0.5, 0.6) is 0 Å². The summed E-state index contributed by atoms with van der Waals surface area (Å²) in [5.74, 6) is 1.60. The van der Waals surface area contributed by atoms with Crippen molar-refractivity contribution >= 4 is 0 Å². The molecule has 2 rings (SSSR count). The van der Waals surface area contributed by atoms with E-state index in [0.717, 1.165) is 31.0 Å². The van der Waals surface area contributed by atoms with Gasteiger partial charge in [0.1, 0.15) is 0 Å². The Morgan fingerprint density at radius 2 is 2.12 bits per heavy atom. The first-order valence-electron chi connectivity index (χ1n) is 7.23. The highest BCUT2D eigenvalue weighted by atomic mass is 16.5. The minimum absolute atomic E-state index is 0.448. The van der Waals surface area contributed by atoms with E-state index in [9.17, 15) is 0 Å². The molecule has 0 radical (unpaired) electrons. The summed E-state index contributed by atoms with van der Waals surface area (Å²) in [5, 5.41) is 3.50. The van der Waals surface area contributed by atoms with Gasteiger partial charge in [0, 0.05) is 19.7 Å². The fraction of sp³-hybridized carbons (Fsp3) is 1.00. The van der Waals surface area contributed by atoms with E-state index in [-0.39, 0.29) is 0 Å². The highest BCUT2D eigenvalue weighted by Crippen LogP contribution is 2.34. The topological polar surface area (TPSA) is 24.5 Å². The summed E-state index contributed by atoms with van der Waals surface area (Å²) in [4.78, 5) is 2.68. The van der Waals surface area contributed by atoms with Crippen LogP contribution in [0.1, 0.15) is 33.1 Å². The van der Waals surface area contributed by atoms with Gasteiger partial charge >= 0.3 is 0 Å². The minimum atomic E-state index is 0.448. The first-order chi connectivity index (χ1) is 8.26. The molecule has 4 atom stereocenters. The maximum absolute atomic E-state index is 5.61. The average Bonchev–Trinajstić information content (AvgIpc) is 2.30. The molecule has 1 saturated heterocycles. The standard InChI is InChI=1S/C14H28N2O/c1-4-15-9-12-5-6-13(12)16-8-7-11(2)14(10-16)17-3/h11-15H,4-10H2,1-3H3. The van der Waals surface area contributed by atoms with Gasteiger partial charge in [0.2, 0.25) is 0 Å². The molecule has 1 N–H and O–H groups in total. The van der Waals surface area contributed by atoms with Crippen molar-refractivity contribution in [1.82, 2.24) is 10.2 Å². The predicted octanol–water partition coefficient (Wildman–Crippen LogP) is 1.73. The van der Waals surface area contributed by atoms with Crippen molar-refractivity contribution in [3.63, 3.8) is 0 Å². The highest BCUT2D eigenvalue weighted by molar-refractivity contribution is 4.93. The van der Waals surface area contributed by atoms with E-state index in [4.69, 9.17) is 4.74 Å². The summed E-state index contributed by atoms with van der Waals surface area (Å²) >= 11 is 0. The molecule has 0 aromatic rings. The second kappa shape index (κ2) is 6.17. The molecular formula is C14H28N2O. The molecule has 3 nitrogen and oxygen atoms in total. The van der Waals surface area contributed by atoms with Gasteiger partial charge in [-0.2, -0.15) is 0 Å². The Labute approximate surface area is 106 Å². The number of piperidine rings is 1. The number of methoxy groups -OCH3 is 1. The van der Waals surface area contributed by atoms with Gasteiger partial charge in [0.05, 0.1) is 6.10 Å². The fourth-order valence-corrected chi connectivity index (χ4v) is 3.27. The molecule has 2 fully saturated rings. The molecule has 4 unspecified atom stereocenters. The normalized spacial score (nSPS) is 39.0. The highest BCUT2D eigenvalue weighted by Gasteiger charge is 2.38. The zero-order valence-electron chi connectivity index (χ0n) is 11.6. The lowest BCUT2D eigenvalue weighted by Crippen LogP contribution is -2.56. The van der Waals surface area contributed by atoms with E-state index >= 15 is 0 Å². The molecule has 1 aliphatic heterocycles. The molecule has 3 heteroatoms. The van der Waals surface area contributed by atoms with Gasteiger partial charge in [-0.15, -0.1) is 0 Å². The van der Waals surface area contributed by atoms with Crippen molar-refractivity contribution in [2.24, 2.45) is 11.8 Å². The third-order valence-electron chi connectivity index (χ3n) is 4.73. The van der Waals surface area contributed by atoms with Crippen LogP contribution in [-0.2, 0) is 4.74 Å². The smallest absolute Gasteiger partial charge is 0.0724 e. The number of hydrogen-bond donors (Lipinski definition) is 1. The summed E-state index contributed by atoms with van der Waals surface area (Å²) in [6, 6.07) is 0.819.